The lowest BCUT2D eigenvalue weighted by Gasteiger charge is -2.12. The predicted molar refractivity (Wildman–Crippen MR) is 92.7 cm³/mol. The number of rotatable bonds is 4. The first-order valence-corrected chi connectivity index (χ1v) is 9.22. The summed E-state index contributed by atoms with van der Waals surface area (Å²) in [6, 6.07) is 10.7. The van der Waals surface area contributed by atoms with Crippen LogP contribution in [0.5, 0.6) is 11.5 Å². The molecular weight excluding hydrogens is 344 g/mol. The lowest BCUT2D eigenvalue weighted by Crippen LogP contribution is -2.18. The molecule has 0 atom stereocenters. The minimum Gasteiger partial charge on any atom is -0.490 e. The molecular formula is C17H18N2O5S. The van der Waals surface area contributed by atoms with Crippen LogP contribution in [0.3, 0.4) is 0 Å². The number of hydrogen-bond donors (Lipinski definition) is 2. The molecule has 132 valence electrons. The van der Waals surface area contributed by atoms with E-state index < -0.39 is 10.0 Å². The second-order valence-corrected chi connectivity index (χ2v) is 7.10. The molecule has 0 fully saturated rings. The van der Waals surface area contributed by atoms with E-state index in [2.05, 4.69) is 10.0 Å². The third-order valence-corrected chi connectivity index (χ3v) is 5.03. The van der Waals surface area contributed by atoms with E-state index in [-0.39, 0.29) is 10.8 Å². The molecule has 2 N–H and O–H groups in total. The maximum absolute atomic E-state index is 12.6. The van der Waals surface area contributed by atoms with Gasteiger partial charge in [-0.25, -0.2) is 8.42 Å². The largest absolute Gasteiger partial charge is 0.490 e. The van der Waals surface area contributed by atoms with Crippen molar-refractivity contribution in [1.82, 2.24) is 5.32 Å². The zero-order valence-electron chi connectivity index (χ0n) is 13.6. The molecule has 0 radical (unpaired) electrons. The van der Waals surface area contributed by atoms with E-state index in [9.17, 15) is 13.2 Å². The number of ether oxygens (including phenoxy) is 2. The summed E-state index contributed by atoms with van der Waals surface area (Å²) >= 11 is 0. The average Bonchev–Trinajstić information content (AvgIpc) is 2.86. The monoisotopic (exact) mass is 362 g/mol. The number of carbonyl (C=O) groups is 1. The summed E-state index contributed by atoms with van der Waals surface area (Å²) in [4.78, 5) is 11.6. The van der Waals surface area contributed by atoms with Crippen molar-refractivity contribution in [2.45, 2.75) is 11.3 Å². The van der Waals surface area contributed by atoms with Gasteiger partial charge in [-0.1, -0.05) is 0 Å². The molecule has 1 aliphatic heterocycles. The highest BCUT2D eigenvalue weighted by Crippen LogP contribution is 2.32. The molecule has 0 aromatic heterocycles. The van der Waals surface area contributed by atoms with Crippen molar-refractivity contribution in [2.24, 2.45) is 0 Å². The molecule has 0 saturated carbocycles. The van der Waals surface area contributed by atoms with Gasteiger partial charge in [-0.2, -0.15) is 0 Å². The van der Waals surface area contributed by atoms with Gasteiger partial charge in [0.15, 0.2) is 11.5 Å². The van der Waals surface area contributed by atoms with Gasteiger partial charge >= 0.3 is 0 Å². The maximum atomic E-state index is 12.6. The Morgan fingerprint density at radius 1 is 1.00 bits per heavy atom. The van der Waals surface area contributed by atoms with Crippen LogP contribution in [0.15, 0.2) is 47.4 Å². The summed E-state index contributed by atoms with van der Waals surface area (Å²) in [5.74, 6) is 0.707. The van der Waals surface area contributed by atoms with Crippen LogP contribution in [0.1, 0.15) is 16.8 Å². The van der Waals surface area contributed by atoms with Crippen LogP contribution in [0, 0.1) is 0 Å². The number of sulfonamides is 1. The highest BCUT2D eigenvalue weighted by Gasteiger charge is 2.19. The van der Waals surface area contributed by atoms with E-state index in [1.165, 1.54) is 31.3 Å². The highest BCUT2D eigenvalue weighted by molar-refractivity contribution is 7.92. The van der Waals surface area contributed by atoms with Crippen molar-refractivity contribution < 1.29 is 22.7 Å². The number of benzene rings is 2. The first-order chi connectivity index (χ1) is 12.0. The van der Waals surface area contributed by atoms with Gasteiger partial charge in [0.1, 0.15) is 0 Å². The topological polar surface area (TPSA) is 93.7 Å². The first kappa shape index (κ1) is 17.1. The van der Waals surface area contributed by atoms with Crippen molar-refractivity contribution in [3.8, 4) is 11.5 Å². The van der Waals surface area contributed by atoms with Crippen LogP contribution in [-0.2, 0) is 10.0 Å². The van der Waals surface area contributed by atoms with Crippen LogP contribution in [-0.4, -0.2) is 34.6 Å². The van der Waals surface area contributed by atoms with Crippen molar-refractivity contribution in [3.05, 3.63) is 48.0 Å². The van der Waals surface area contributed by atoms with Gasteiger partial charge in [0, 0.05) is 30.8 Å². The van der Waals surface area contributed by atoms with Gasteiger partial charge in [0.05, 0.1) is 18.1 Å². The predicted octanol–water partition coefficient (Wildman–Crippen LogP) is 2.01. The van der Waals surface area contributed by atoms with E-state index in [1.54, 1.807) is 18.2 Å². The van der Waals surface area contributed by atoms with Gasteiger partial charge in [0.2, 0.25) is 0 Å². The lowest BCUT2D eigenvalue weighted by molar-refractivity contribution is 0.0963. The molecule has 0 bridgehead atoms. The Bertz CT molecular complexity index is 878. The molecule has 1 heterocycles. The highest BCUT2D eigenvalue weighted by atomic mass is 32.2. The molecule has 2 aromatic carbocycles. The average molecular weight is 362 g/mol. The molecule has 2 aromatic rings. The molecule has 0 spiro atoms. The fourth-order valence-corrected chi connectivity index (χ4v) is 3.43. The molecule has 1 aliphatic rings. The van der Waals surface area contributed by atoms with Crippen LogP contribution < -0.4 is 19.5 Å². The molecule has 3 rings (SSSR count). The van der Waals surface area contributed by atoms with E-state index in [0.29, 0.717) is 36.0 Å². The number of anilines is 1. The van der Waals surface area contributed by atoms with E-state index >= 15 is 0 Å². The lowest BCUT2D eigenvalue weighted by atomic mass is 10.2. The maximum Gasteiger partial charge on any atom is 0.262 e. The number of carbonyl (C=O) groups excluding carboxylic acids is 1. The van der Waals surface area contributed by atoms with Crippen molar-refractivity contribution in [1.29, 1.82) is 0 Å². The molecule has 1 amide bonds. The van der Waals surface area contributed by atoms with E-state index in [4.69, 9.17) is 9.47 Å². The van der Waals surface area contributed by atoms with E-state index in [0.717, 1.165) is 6.42 Å². The second kappa shape index (κ2) is 7.02. The summed E-state index contributed by atoms with van der Waals surface area (Å²) in [6.45, 7) is 1.01. The SMILES string of the molecule is CNC(=O)c1ccc(NS(=O)(=O)c2ccc3c(c2)OCCCO3)cc1. The Balaban J connectivity index is 1.82. The molecule has 25 heavy (non-hydrogen) atoms. The van der Waals surface area contributed by atoms with Crippen LogP contribution >= 0.6 is 0 Å². The smallest absolute Gasteiger partial charge is 0.262 e. The molecule has 0 aliphatic carbocycles. The minimum atomic E-state index is -3.78. The number of amides is 1. The summed E-state index contributed by atoms with van der Waals surface area (Å²) in [6.07, 6.45) is 0.743. The standard InChI is InChI=1S/C17H18N2O5S/c1-18-17(20)12-3-5-13(6-4-12)19-25(21,22)14-7-8-15-16(11-14)24-10-2-9-23-15/h3-8,11,19H,2,9-10H2,1H3,(H,18,20). The quantitative estimate of drug-likeness (QED) is 0.868. The summed E-state index contributed by atoms with van der Waals surface area (Å²) in [5, 5.41) is 2.51. The number of fused-ring (bicyclic) bond motifs is 1. The second-order valence-electron chi connectivity index (χ2n) is 5.42. The van der Waals surface area contributed by atoms with E-state index in [1.807, 2.05) is 0 Å². The molecule has 0 saturated heterocycles. The van der Waals surface area contributed by atoms with Crippen molar-refractivity contribution >= 4 is 21.6 Å². The van der Waals surface area contributed by atoms with Crippen LogP contribution in [0.25, 0.3) is 0 Å². The van der Waals surface area contributed by atoms with Gasteiger partial charge in [0.25, 0.3) is 15.9 Å². The Hall–Kier alpha value is -2.74. The van der Waals surface area contributed by atoms with Crippen molar-refractivity contribution in [2.75, 3.05) is 25.0 Å². The van der Waals surface area contributed by atoms with Crippen LogP contribution in [0.2, 0.25) is 0 Å². The fraction of sp³-hybridized carbons (Fsp3) is 0.235. The number of hydrogen-bond acceptors (Lipinski definition) is 5. The summed E-state index contributed by atoms with van der Waals surface area (Å²) in [5.41, 5.74) is 0.806. The Morgan fingerprint density at radius 3 is 2.36 bits per heavy atom. The van der Waals surface area contributed by atoms with Gasteiger partial charge in [-0.15, -0.1) is 0 Å². The molecule has 7 nitrogen and oxygen atoms in total. The fourth-order valence-electron chi connectivity index (χ4n) is 2.36. The summed E-state index contributed by atoms with van der Waals surface area (Å²) < 4.78 is 38.6. The normalized spacial score (nSPS) is 13.6. The molecule has 0 unspecified atom stereocenters. The summed E-state index contributed by atoms with van der Waals surface area (Å²) in [7, 11) is -2.25. The Morgan fingerprint density at radius 2 is 1.68 bits per heavy atom. The third-order valence-electron chi connectivity index (χ3n) is 3.66. The number of nitrogens with one attached hydrogen (secondary N) is 2. The zero-order valence-corrected chi connectivity index (χ0v) is 14.4. The zero-order chi connectivity index (χ0) is 17.9. The Labute approximate surface area is 146 Å². The van der Waals surface area contributed by atoms with Gasteiger partial charge < -0.3 is 14.8 Å². The van der Waals surface area contributed by atoms with Crippen molar-refractivity contribution in [3.63, 3.8) is 0 Å². The van der Waals surface area contributed by atoms with Gasteiger partial charge in [-0.05, 0) is 36.4 Å². The first-order valence-electron chi connectivity index (χ1n) is 7.74. The van der Waals surface area contributed by atoms with Crippen LogP contribution in [0.4, 0.5) is 5.69 Å². The third kappa shape index (κ3) is 3.85. The minimum absolute atomic E-state index is 0.0760. The van der Waals surface area contributed by atoms with Gasteiger partial charge in [-0.3, -0.25) is 9.52 Å². The molecule has 8 heteroatoms. The Kier molecular flexibility index (Phi) is 4.80.